The first kappa shape index (κ1) is 10.5. The molecule has 0 saturated heterocycles. The smallest absolute Gasteiger partial charge is 0.175 e. The normalized spacial score (nSPS) is 9.07. The van der Waals surface area contributed by atoms with Crippen LogP contribution in [0.4, 0.5) is 0 Å². The summed E-state index contributed by atoms with van der Waals surface area (Å²) in [7, 11) is 0. The van der Waals surface area contributed by atoms with Crippen molar-refractivity contribution >= 4 is 5.78 Å². The molecule has 0 atom stereocenters. The number of benzene rings is 1. The molecule has 14 heavy (non-hydrogen) atoms. The molecule has 1 rings (SSSR count). The van der Waals surface area contributed by atoms with Gasteiger partial charge in [0.1, 0.15) is 0 Å². The summed E-state index contributed by atoms with van der Waals surface area (Å²) < 4.78 is 0. The van der Waals surface area contributed by atoms with E-state index in [9.17, 15) is 4.79 Å². The number of ketones is 1. The number of rotatable bonds is 2. The molecule has 1 aromatic carbocycles. The zero-order valence-electron chi connectivity index (χ0n) is 8.85. The zero-order chi connectivity index (χ0) is 10.6. The lowest BCUT2D eigenvalue weighted by Gasteiger charge is -2.05. The van der Waals surface area contributed by atoms with Gasteiger partial charge in [-0.15, -0.1) is 5.92 Å². The molecule has 0 saturated carbocycles. The number of carbonyl (C=O) groups is 1. The molecule has 0 aliphatic rings. The molecule has 0 aliphatic carbocycles. The fraction of sp³-hybridized carbons (Fsp3) is 0.308. The monoisotopic (exact) mass is 186 g/mol. The maximum Gasteiger partial charge on any atom is 0.175 e. The highest BCUT2D eigenvalue weighted by Crippen LogP contribution is 2.14. The van der Waals surface area contributed by atoms with Gasteiger partial charge in [0.25, 0.3) is 0 Å². The first-order valence-corrected chi connectivity index (χ1v) is 4.66. The molecule has 0 radical (unpaired) electrons. The fourth-order valence-electron chi connectivity index (χ4n) is 1.32. The third-order valence-electron chi connectivity index (χ3n) is 2.33. The van der Waals surface area contributed by atoms with Gasteiger partial charge in [-0.05, 0) is 31.9 Å². The van der Waals surface area contributed by atoms with Crippen molar-refractivity contribution in [1.29, 1.82) is 0 Å². The number of hydrogen-bond donors (Lipinski definition) is 0. The lowest BCUT2D eigenvalue weighted by Crippen LogP contribution is -2.01. The van der Waals surface area contributed by atoms with E-state index >= 15 is 0 Å². The Morgan fingerprint density at radius 1 is 1.36 bits per heavy atom. The van der Waals surface area contributed by atoms with Crippen molar-refractivity contribution in [3.05, 3.63) is 34.9 Å². The molecule has 0 aromatic heterocycles. The Morgan fingerprint density at radius 2 is 2.07 bits per heavy atom. The molecule has 0 aliphatic heterocycles. The maximum absolute atomic E-state index is 11.7. The average molecular weight is 186 g/mol. The minimum absolute atomic E-state index is 0.112. The zero-order valence-corrected chi connectivity index (χ0v) is 8.85. The Morgan fingerprint density at radius 3 is 2.71 bits per heavy atom. The fourth-order valence-corrected chi connectivity index (χ4v) is 1.32. The molecule has 1 aromatic rings. The second-order valence-electron chi connectivity index (χ2n) is 3.27. The summed E-state index contributed by atoms with van der Waals surface area (Å²) in [4.78, 5) is 11.7. The second-order valence-corrected chi connectivity index (χ2v) is 3.27. The first-order chi connectivity index (χ1) is 6.66. The lowest BCUT2D eigenvalue weighted by molar-refractivity contribution is 0.0997. The summed E-state index contributed by atoms with van der Waals surface area (Å²) in [6.07, 6.45) is 0.320. The molecule has 72 valence electrons. The lowest BCUT2D eigenvalue weighted by atomic mass is 9.99. The number of hydrogen-bond acceptors (Lipinski definition) is 1. The quantitative estimate of drug-likeness (QED) is 0.512. The summed E-state index contributed by atoms with van der Waals surface area (Å²) >= 11 is 0. The largest absolute Gasteiger partial charge is 0.293 e. The molecule has 0 amide bonds. The molecule has 0 fully saturated rings. The summed E-state index contributed by atoms with van der Waals surface area (Å²) in [5, 5.41) is 0. The van der Waals surface area contributed by atoms with Crippen molar-refractivity contribution in [2.75, 3.05) is 0 Å². The van der Waals surface area contributed by atoms with Gasteiger partial charge in [-0.1, -0.05) is 24.1 Å². The Hall–Kier alpha value is -1.55. The summed E-state index contributed by atoms with van der Waals surface area (Å²) in [6, 6.07) is 5.79. The summed E-state index contributed by atoms with van der Waals surface area (Å²) in [6.45, 7) is 5.73. The maximum atomic E-state index is 11.7. The van der Waals surface area contributed by atoms with E-state index in [1.165, 1.54) is 0 Å². The van der Waals surface area contributed by atoms with Gasteiger partial charge in [-0.25, -0.2) is 0 Å². The molecule has 0 bridgehead atoms. The van der Waals surface area contributed by atoms with Crippen LogP contribution in [0.25, 0.3) is 0 Å². The van der Waals surface area contributed by atoms with Crippen LogP contribution >= 0.6 is 0 Å². The van der Waals surface area contributed by atoms with Crippen LogP contribution < -0.4 is 0 Å². The van der Waals surface area contributed by atoms with Crippen molar-refractivity contribution < 1.29 is 4.79 Å². The van der Waals surface area contributed by atoms with Gasteiger partial charge in [-0.2, -0.15) is 0 Å². The highest BCUT2D eigenvalue weighted by Gasteiger charge is 2.07. The third-order valence-corrected chi connectivity index (χ3v) is 2.33. The van der Waals surface area contributed by atoms with Crippen LogP contribution in [-0.4, -0.2) is 5.78 Å². The Bertz CT molecular complexity index is 405. The molecule has 0 N–H and O–H groups in total. The Kier molecular flexibility index (Phi) is 3.48. The van der Waals surface area contributed by atoms with Crippen LogP contribution in [0.2, 0.25) is 0 Å². The molecule has 0 spiro atoms. The highest BCUT2D eigenvalue weighted by atomic mass is 16.1. The molecular formula is C13H14O. The van der Waals surface area contributed by atoms with Crippen molar-refractivity contribution in [2.45, 2.75) is 27.2 Å². The van der Waals surface area contributed by atoms with E-state index in [0.717, 1.165) is 16.7 Å². The van der Waals surface area contributed by atoms with Gasteiger partial charge in [0.05, 0.1) is 6.42 Å². The molecule has 1 nitrogen and oxygen atoms in total. The Labute approximate surface area is 85.1 Å². The van der Waals surface area contributed by atoms with Crippen LogP contribution in [0.3, 0.4) is 0 Å². The van der Waals surface area contributed by atoms with E-state index in [0.29, 0.717) is 6.42 Å². The van der Waals surface area contributed by atoms with Gasteiger partial charge in [0, 0.05) is 5.56 Å². The van der Waals surface area contributed by atoms with Gasteiger partial charge >= 0.3 is 0 Å². The predicted octanol–water partition coefficient (Wildman–Crippen LogP) is 2.90. The van der Waals surface area contributed by atoms with E-state index in [1.54, 1.807) is 6.92 Å². The van der Waals surface area contributed by atoms with E-state index in [-0.39, 0.29) is 5.78 Å². The minimum Gasteiger partial charge on any atom is -0.293 e. The van der Waals surface area contributed by atoms with Crippen LogP contribution in [0, 0.1) is 25.7 Å². The third kappa shape index (κ3) is 2.23. The SMILES string of the molecule is CC#CCC(=O)c1cccc(C)c1C. The van der Waals surface area contributed by atoms with Crippen LogP contribution in [0.1, 0.15) is 34.8 Å². The van der Waals surface area contributed by atoms with Crippen molar-refractivity contribution in [1.82, 2.24) is 0 Å². The summed E-state index contributed by atoms with van der Waals surface area (Å²) in [5.41, 5.74) is 3.02. The van der Waals surface area contributed by atoms with Crippen LogP contribution in [0.5, 0.6) is 0 Å². The van der Waals surface area contributed by atoms with Crippen molar-refractivity contribution in [3.8, 4) is 11.8 Å². The van der Waals surface area contributed by atoms with Gasteiger partial charge in [0.15, 0.2) is 5.78 Å². The molecule has 0 heterocycles. The van der Waals surface area contributed by atoms with E-state index < -0.39 is 0 Å². The minimum atomic E-state index is 0.112. The molecular weight excluding hydrogens is 172 g/mol. The van der Waals surface area contributed by atoms with E-state index in [4.69, 9.17) is 0 Å². The number of Topliss-reactive ketones (excluding diaryl/α,β-unsaturated/α-hetero) is 1. The van der Waals surface area contributed by atoms with Gasteiger partial charge in [0.2, 0.25) is 0 Å². The predicted molar refractivity (Wildman–Crippen MR) is 58.3 cm³/mol. The van der Waals surface area contributed by atoms with Crippen LogP contribution in [0.15, 0.2) is 18.2 Å². The van der Waals surface area contributed by atoms with Gasteiger partial charge in [-0.3, -0.25) is 4.79 Å². The van der Waals surface area contributed by atoms with Gasteiger partial charge < -0.3 is 0 Å². The van der Waals surface area contributed by atoms with E-state index in [1.807, 2.05) is 32.0 Å². The number of carbonyl (C=O) groups excluding carboxylic acids is 1. The van der Waals surface area contributed by atoms with Crippen molar-refractivity contribution in [2.24, 2.45) is 0 Å². The van der Waals surface area contributed by atoms with Crippen molar-refractivity contribution in [3.63, 3.8) is 0 Å². The second kappa shape index (κ2) is 4.62. The van der Waals surface area contributed by atoms with E-state index in [2.05, 4.69) is 11.8 Å². The summed E-state index contributed by atoms with van der Waals surface area (Å²) in [5.74, 6) is 5.64. The topological polar surface area (TPSA) is 17.1 Å². The molecule has 1 heteroatoms. The highest BCUT2D eigenvalue weighted by molar-refractivity contribution is 5.99. The Balaban J connectivity index is 2.99. The standard InChI is InChI=1S/C13H14O/c1-4-5-9-13(14)12-8-6-7-10(2)11(12)3/h6-8H,9H2,1-3H3. The van der Waals surface area contributed by atoms with Crippen LogP contribution in [-0.2, 0) is 0 Å². The number of aryl methyl sites for hydroxylation is 1. The molecule has 0 unspecified atom stereocenters. The first-order valence-electron chi connectivity index (χ1n) is 4.66. The average Bonchev–Trinajstić information content (AvgIpc) is 2.18.